The fourth-order valence-electron chi connectivity index (χ4n) is 1.46. The van der Waals surface area contributed by atoms with E-state index in [9.17, 15) is 4.79 Å². The summed E-state index contributed by atoms with van der Waals surface area (Å²) < 4.78 is 0. The zero-order valence-electron chi connectivity index (χ0n) is 9.89. The van der Waals surface area contributed by atoms with Gasteiger partial charge < -0.3 is 0 Å². The third-order valence-corrected chi connectivity index (χ3v) is 2.07. The largest absolute Gasteiger partial charge is 0.290 e. The second-order valence-electron chi connectivity index (χ2n) is 3.88. The average molecular weight is 194 g/mol. The van der Waals surface area contributed by atoms with E-state index in [-0.39, 0.29) is 5.78 Å². The number of rotatable bonds is 6. The minimum atomic E-state index is 0.141. The van der Waals surface area contributed by atoms with Crippen molar-refractivity contribution in [2.75, 3.05) is 0 Å². The van der Waals surface area contributed by atoms with Crippen molar-refractivity contribution >= 4 is 5.78 Å². The Bertz CT molecular complexity index is 210. The Morgan fingerprint density at radius 1 is 0.929 bits per heavy atom. The molecule has 0 aliphatic carbocycles. The van der Waals surface area contributed by atoms with Crippen LogP contribution in [0.4, 0.5) is 0 Å². The van der Waals surface area contributed by atoms with Crippen molar-refractivity contribution in [3.8, 4) is 0 Å². The second kappa shape index (κ2) is 7.54. The summed E-state index contributed by atoms with van der Waals surface area (Å²) in [5, 5.41) is 0. The molecule has 1 heteroatoms. The van der Waals surface area contributed by atoms with Gasteiger partial charge in [-0.1, -0.05) is 37.8 Å². The van der Waals surface area contributed by atoms with Gasteiger partial charge in [0.15, 0.2) is 5.78 Å². The molecule has 0 aliphatic heterocycles. The van der Waals surface area contributed by atoms with E-state index in [2.05, 4.69) is 13.8 Å². The van der Waals surface area contributed by atoms with Crippen molar-refractivity contribution in [1.82, 2.24) is 0 Å². The van der Waals surface area contributed by atoms with Crippen LogP contribution in [0.1, 0.15) is 53.4 Å². The van der Waals surface area contributed by atoms with Gasteiger partial charge in [-0.25, -0.2) is 0 Å². The van der Waals surface area contributed by atoms with Gasteiger partial charge in [-0.15, -0.1) is 0 Å². The van der Waals surface area contributed by atoms with Gasteiger partial charge in [-0.05, 0) is 38.8 Å². The first-order valence-corrected chi connectivity index (χ1v) is 5.48. The molecule has 0 saturated heterocycles. The molecule has 0 fully saturated rings. The highest BCUT2D eigenvalue weighted by molar-refractivity contribution is 6.00. The zero-order valence-corrected chi connectivity index (χ0v) is 9.89. The Kier molecular flexibility index (Phi) is 7.09. The molecule has 0 heterocycles. The third kappa shape index (κ3) is 6.64. The normalized spacial score (nSPS) is 13.1. The van der Waals surface area contributed by atoms with Gasteiger partial charge in [0.25, 0.3) is 0 Å². The van der Waals surface area contributed by atoms with Crippen LogP contribution in [0.5, 0.6) is 0 Å². The lowest BCUT2D eigenvalue weighted by Gasteiger charge is -1.97. The van der Waals surface area contributed by atoms with Gasteiger partial charge in [0, 0.05) is 0 Å². The topological polar surface area (TPSA) is 17.1 Å². The molecule has 1 nitrogen and oxygen atoms in total. The minimum Gasteiger partial charge on any atom is -0.290 e. The molecule has 0 bridgehead atoms. The predicted octanol–water partition coefficient (Wildman–Crippen LogP) is 4.05. The first kappa shape index (κ1) is 13.2. The number of hydrogen-bond donors (Lipinski definition) is 0. The van der Waals surface area contributed by atoms with Crippen LogP contribution in [0.2, 0.25) is 0 Å². The van der Waals surface area contributed by atoms with Crippen molar-refractivity contribution in [2.24, 2.45) is 0 Å². The van der Waals surface area contributed by atoms with Crippen LogP contribution in [-0.4, -0.2) is 5.78 Å². The van der Waals surface area contributed by atoms with E-state index < -0.39 is 0 Å². The van der Waals surface area contributed by atoms with Crippen LogP contribution in [-0.2, 0) is 4.79 Å². The van der Waals surface area contributed by atoms with Gasteiger partial charge in [0.05, 0.1) is 0 Å². The van der Waals surface area contributed by atoms with Crippen LogP contribution < -0.4 is 0 Å². The summed E-state index contributed by atoms with van der Waals surface area (Å²) in [7, 11) is 0. The zero-order chi connectivity index (χ0) is 11.0. The molecule has 0 saturated carbocycles. The second-order valence-corrected chi connectivity index (χ2v) is 3.88. The lowest BCUT2D eigenvalue weighted by atomic mass is 10.1. The average Bonchev–Trinajstić information content (AvgIpc) is 2.03. The molecule has 0 aliphatic rings. The summed E-state index contributed by atoms with van der Waals surface area (Å²) >= 11 is 0. The summed E-state index contributed by atoms with van der Waals surface area (Å²) in [6, 6.07) is 0. The summed E-state index contributed by atoms with van der Waals surface area (Å²) in [6.45, 7) is 8.29. The molecule has 0 unspecified atom stereocenters. The monoisotopic (exact) mass is 194 g/mol. The van der Waals surface area contributed by atoms with E-state index in [1.807, 2.05) is 13.8 Å². The van der Waals surface area contributed by atoms with Crippen LogP contribution in [0.25, 0.3) is 0 Å². The quantitative estimate of drug-likeness (QED) is 0.583. The van der Waals surface area contributed by atoms with Gasteiger partial charge in [0.1, 0.15) is 0 Å². The van der Waals surface area contributed by atoms with E-state index in [1.165, 1.54) is 11.1 Å². The smallest absolute Gasteiger partial charge is 0.178 e. The summed E-state index contributed by atoms with van der Waals surface area (Å²) in [5.41, 5.74) is 2.36. The van der Waals surface area contributed by atoms with Crippen LogP contribution in [0, 0.1) is 0 Å². The third-order valence-electron chi connectivity index (χ3n) is 2.07. The van der Waals surface area contributed by atoms with E-state index in [0.717, 1.165) is 25.7 Å². The Morgan fingerprint density at radius 3 is 1.57 bits per heavy atom. The summed E-state index contributed by atoms with van der Waals surface area (Å²) in [6.07, 6.45) is 7.75. The highest BCUT2D eigenvalue weighted by atomic mass is 16.1. The van der Waals surface area contributed by atoms with E-state index >= 15 is 0 Å². The van der Waals surface area contributed by atoms with Gasteiger partial charge in [0.2, 0.25) is 0 Å². The van der Waals surface area contributed by atoms with Crippen molar-refractivity contribution in [3.63, 3.8) is 0 Å². The first-order valence-electron chi connectivity index (χ1n) is 5.48. The van der Waals surface area contributed by atoms with Crippen molar-refractivity contribution in [3.05, 3.63) is 23.3 Å². The number of hydrogen-bond acceptors (Lipinski definition) is 1. The molecule has 0 N–H and O–H groups in total. The van der Waals surface area contributed by atoms with Crippen LogP contribution in [0.3, 0.4) is 0 Å². The Balaban J connectivity index is 4.21. The SMILES string of the molecule is CCCC(C)=CC(=O)C=C(C)CCC. The molecule has 14 heavy (non-hydrogen) atoms. The van der Waals surface area contributed by atoms with Gasteiger partial charge >= 0.3 is 0 Å². The van der Waals surface area contributed by atoms with Crippen molar-refractivity contribution in [2.45, 2.75) is 53.4 Å². The van der Waals surface area contributed by atoms with Gasteiger partial charge in [-0.3, -0.25) is 4.79 Å². The maximum atomic E-state index is 11.5. The maximum absolute atomic E-state index is 11.5. The molecule has 0 aromatic rings. The van der Waals surface area contributed by atoms with Crippen molar-refractivity contribution < 1.29 is 4.79 Å². The predicted molar refractivity (Wildman–Crippen MR) is 62.3 cm³/mol. The Hall–Kier alpha value is -0.850. The Morgan fingerprint density at radius 2 is 1.29 bits per heavy atom. The van der Waals surface area contributed by atoms with Crippen LogP contribution >= 0.6 is 0 Å². The number of allylic oxidation sites excluding steroid dienone is 4. The summed E-state index contributed by atoms with van der Waals surface area (Å²) in [5.74, 6) is 0.141. The minimum absolute atomic E-state index is 0.141. The highest BCUT2D eigenvalue weighted by Gasteiger charge is 1.95. The van der Waals surface area contributed by atoms with Gasteiger partial charge in [-0.2, -0.15) is 0 Å². The molecule has 0 atom stereocenters. The molecular formula is C13H22O. The molecule has 0 radical (unpaired) electrons. The number of ketones is 1. The molecule has 0 amide bonds. The Labute approximate surface area is 87.9 Å². The van der Waals surface area contributed by atoms with E-state index in [0.29, 0.717) is 0 Å². The first-order chi connectivity index (χ1) is 6.60. The molecule has 0 aromatic carbocycles. The van der Waals surface area contributed by atoms with E-state index in [4.69, 9.17) is 0 Å². The van der Waals surface area contributed by atoms with E-state index in [1.54, 1.807) is 12.2 Å². The molecule has 0 spiro atoms. The molecule has 80 valence electrons. The maximum Gasteiger partial charge on any atom is 0.178 e. The fourth-order valence-corrected chi connectivity index (χ4v) is 1.46. The molecule has 0 rings (SSSR count). The van der Waals surface area contributed by atoms with Crippen molar-refractivity contribution in [1.29, 1.82) is 0 Å². The standard InChI is InChI=1S/C13H22O/c1-5-7-11(3)9-13(14)10-12(4)8-6-2/h9-10H,5-8H2,1-4H3. The highest BCUT2D eigenvalue weighted by Crippen LogP contribution is 2.06. The van der Waals surface area contributed by atoms with Crippen LogP contribution in [0.15, 0.2) is 23.3 Å². The number of carbonyl (C=O) groups is 1. The number of carbonyl (C=O) groups excluding carboxylic acids is 1. The fraction of sp³-hybridized carbons (Fsp3) is 0.615. The summed E-state index contributed by atoms with van der Waals surface area (Å²) in [4.78, 5) is 11.5. The lowest BCUT2D eigenvalue weighted by Crippen LogP contribution is -1.91. The molecule has 0 aromatic heterocycles. The molecular weight excluding hydrogens is 172 g/mol. The lowest BCUT2D eigenvalue weighted by molar-refractivity contribution is -0.110.